The minimum Gasteiger partial charge on any atom is -0.444 e. The molecule has 2 aromatic heterocycles. The van der Waals surface area contributed by atoms with Crippen LogP contribution in [0.2, 0.25) is 5.15 Å². The Morgan fingerprint density at radius 3 is 3.00 bits per heavy atom. The molecule has 23 heavy (non-hydrogen) atoms. The van der Waals surface area contributed by atoms with E-state index in [2.05, 4.69) is 16.0 Å². The topological polar surface area (TPSA) is 55.3 Å². The third-order valence-corrected chi connectivity index (χ3v) is 4.47. The van der Waals surface area contributed by atoms with Crippen LogP contribution in [0.1, 0.15) is 32.1 Å². The average molecular weight is 352 g/mol. The zero-order chi connectivity index (χ0) is 16.6. The largest absolute Gasteiger partial charge is 0.444 e. The molecule has 3 rings (SSSR count). The summed E-state index contributed by atoms with van der Waals surface area (Å²) in [4.78, 5) is 24.2. The van der Waals surface area contributed by atoms with Gasteiger partial charge in [-0.15, -0.1) is 11.3 Å². The summed E-state index contributed by atoms with van der Waals surface area (Å²) in [7, 11) is 0. The van der Waals surface area contributed by atoms with Gasteiger partial charge in [0.05, 0.1) is 6.20 Å². The van der Waals surface area contributed by atoms with Gasteiger partial charge >= 0.3 is 6.09 Å². The molecule has 0 aromatic carbocycles. The first-order chi connectivity index (χ1) is 10.8. The molecule has 1 fully saturated rings. The lowest BCUT2D eigenvalue weighted by molar-refractivity contribution is 0.0299. The number of amides is 1. The molecule has 0 atom stereocenters. The molecule has 1 aliphatic heterocycles. The molecule has 1 aliphatic rings. The zero-order valence-corrected chi connectivity index (χ0v) is 14.9. The number of ether oxygens (including phenoxy) is 1. The molecule has 5 nitrogen and oxygen atoms in total. The summed E-state index contributed by atoms with van der Waals surface area (Å²) in [5.74, 6) is 0. The molecule has 122 valence electrons. The molecule has 0 bridgehead atoms. The maximum atomic E-state index is 12.1. The number of carbonyl (C=O) groups excluding carboxylic acids is 1. The fraction of sp³-hybridized carbons (Fsp3) is 0.438. The Morgan fingerprint density at radius 2 is 2.26 bits per heavy atom. The van der Waals surface area contributed by atoms with E-state index in [0.717, 1.165) is 21.6 Å². The quantitative estimate of drug-likeness (QED) is 0.765. The Balaban J connectivity index is 1.72. The lowest BCUT2D eigenvalue weighted by atomic mass is 10.2. The van der Waals surface area contributed by atoms with Gasteiger partial charge in [-0.3, -0.25) is 4.98 Å². The average Bonchev–Trinajstić information content (AvgIpc) is 3.03. The number of rotatable bonds is 1. The lowest BCUT2D eigenvalue weighted by Crippen LogP contribution is -2.34. The number of thiophene rings is 1. The smallest absolute Gasteiger partial charge is 0.410 e. The predicted molar refractivity (Wildman–Crippen MR) is 92.8 cm³/mol. The van der Waals surface area contributed by atoms with E-state index in [1.54, 1.807) is 22.4 Å². The van der Waals surface area contributed by atoms with Crippen molar-refractivity contribution in [3.8, 4) is 0 Å². The summed E-state index contributed by atoms with van der Waals surface area (Å²) in [6.45, 7) is 6.92. The van der Waals surface area contributed by atoms with Crippen molar-refractivity contribution in [1.29, 1.82) is 0 Å². The van der Waals surface area contributed by atoms with Gasteiger partial charge in [0.15, 0.2) is 0 Å². The van der Waals surface area contributed by atoms with E-state index in [-0.39, 0.29) is 6.09 Å². The Kier molecular flexibility index (Phi) is 4.29. The van der Waals surface area contributed by atoms with Gasteiger partial charge in [0, 0.05) is 18.0 Å². The van der Waals surface area contributed by atoms with Crippen molar-refractivity contribution in [2.24, 2.45) is 0 Å². The molecule has 0 saturated carbocycles. The molecule has 2 aromatic rings. The van der Waals surface area contributed by atoms with Gasteiger partial charge in [0.1, 0.15) is 21.1 Å². The molecule has 0 spiro atoms. The second-order valence-corrected chi connectivity index (χ2v) is 7.94. The third kappa shape index (κ3) is 4.00. The maximum Gasteiger partial charge on any atom is 0.410 e. The number of carbonyl (C=O) groups is 1. The van der Waals surface area contributed by atoms with Crippen molar-refractivity contribution in [2.75, 3.05) is 13.1 Å². The highest BCUT2D eigenvalue weighted by Gasteiger charge is 2.26. The van der Waals surface area contributed by atoms with Gasteiger partial charge in [-0.25, -0.2) is 9.78 Å². The van der Waals surface area contributed by atoms with Gasteiger partial charge in [-0.2, -0.15) is 0 Å². The van der Waals surface area contributed by atoms with Crippen molar-refractivity contribution in [3.05, 3.63) is 27.9 Å². The van der Waals surface area contributed by atoms with Crippen molar-refractivity contribution in [1.82, 2.24) is 14.9 Å². The normalized spacial score (nSPS) is 17.2. The van der Waals surface area contributed by atoms with Crippen LogP contribution in [-0.4, -0.2) is 39.7 Å². The highest BCUT2D eigenvalue weighted by molar-refractivity contribution is 7.19. The number of nitrogens with zero attached hydrogens (tertiary/aromatic N) is 3. The summed E-state index contributed by atoms with van der Waals surface area (Å²) in [6.07, 6.45) is 4.25. The molecule has 3 heterocycles. The minimum absolute atomic E-state index is 0.257. The fourth-order valence-corrected chi connectivity index (χ4v) is 3.53. The van der Waals surface area contributed by atoms with E-state index in [1.807, 2.05) is 26.8 Å². The van der Waals surface area contributed by atoms with Crippen LogP contribution in [0, 0.1) is 0 Å². The number of fused-ring (bicyclic) bond motifs is 1. The van der Waals surface area contributed by atoms with E-state index < -0.39 is 5.60 Å². The van der Waals surface area contributed by atoms with E-state index in [9.17, 15) is 4.79 Å². The number of aromatic nitrogens is 2. The Hall–Kier alpha value is -1.66. The third-order valence-electron chi connectivity index (χ3n) is 3.33. The van der Waals surface area contributed by atoms with Gasteiger partial charge in [-0.05, 0) is 44.9 Å². The van der Waals surface area contributed by atoms with E-state index >= 15 is 0 Å². The Bertz CT molecular complexity index is 779. The minimum atomic E-state index is -0.467. The molecule has 0 radical (unpaired) electrons. The van der Waals surface area contributed by atoms with Gasteiger partial charge in [-0.1, -0.05) is 11.6 Å². The van der Waals surface area contributed by atoms with E-state index in [0.29, 0.717) is 18.2 Å². The molecular weight excluding hydrogens is 334 g/mol. The molecule has 1 amide bonds. The first-order valence-corrected chi connectivity index (χ1v) is 8.59. The van der Waals surface area contributed by atoms with Crippen molar-refractivity contribution in [2.45, 2.75) is 32.8 Å². The van der Waals surface area contributed by atoms with Crippen molar-refractivity contribution in [3.63, 3.8) is 0 Å². The van der Waals surface area contributed by atoms with Crippen LogP contribution < -0.4 is 0 Å². The predicted octanol–water partition coefficient (Wildman–Crippen LogP) is 4.37. The van der Waals surface area contributed by atoms with Crippen LogP contribution in [-0.2, 0) is 4.74 Å². The standard InChI is InChI=1S/C16H18ClN3O2S/c1-16(2,3)22-15(21)20-5-4-10(9-20)6-11-7-12-14(23-11)19-13(17)8-18-12/h6-8H,4-5,9H2,1-3H3/b10-6+. The Labute approximate surface area is 143 Å². The molecule has 0 aliphatic carbocycles. The molecule has 0 unspecified atom stereocenters. The highest BCUT2D eigenvalue weighted by Crippen LogP contribution is 2.28. The summed E-state index contributed by atoms with van der Waals surface area (Å²) >= 11 is 7.41. The van der Waals surface area contributed by atoms with Crippen molar-refractivity contribution >= 4 is 45.5 Å². The first-order valence-electron chi connectivity index (χ1n) is 7.40. The summed E-state index contributed by atoms with van der Waals surface area (Å²) < 4.78 is 5.41. The first kappa shape index (κ1) is 16.2. The van der Waals surface area contributed by atoms with E-state index in [1.165, 1.54) is 5.57 Å². The molecule has 1 saturated heterocycles. The fourth-order valence-electron chi connectivity index (χ4n) is 2.37. The zero-order valence-electron chi connectivity index (χ0n) is 13.3. The van der Waals surface area contributed by atoms with Crippen LogP contribution in [0.5, 0.6) is 0 Å². The number of halogens is 1. The summed E-state index contributed by atoms with van der Waals surface area (Å²) in [6, 6.07) is 1.99. The molecule has 0 N–H and O–H groups in total. The number of hydrogen-bond acceptors (Lipinski definition) is 5. The van der Waals surface area contributed by atoms with Gasteiger partial charge in [0.25, 0.3) is 0 Å². The molecule has 7 heteroatoms. The lowest BCUT2D eigenvalue weighted by Gasteiger charge is -2.23. The van der Waals surface area contributed by atoms with Crippen LogP contribution in [0.3, 0.4) is 0 Å². The SMILES string of the molecule is CC(C)(C)OC(=O)N1CC/C(=C\c2cc3ncc(Cl)nc3s2)C1. The molecular formula is C16H18ClN3O2S. The highest BCUT2D eigenvalue weighted by atomic mass is 35.5. The van der Waals surface area contributed by atoms with Gasteiger partial charge in [0.2, 0.25) is 0 Å². The van der Waals surface area contributed by atoms with E-state index in [4.69, 9.17) is 16.3 Å². The second kappa shape index (κ2) is 6.09. The summed E-state index contributed by atoms with van der Waals surface area (Å²) in [5, 5.41) is 0.399. The monoisotopic (exact) mass is 351 g/mol. The van der Waals surface area contributed by atoms with Gasteiger partial charge < -0.3 is 9.64 Å². The number of hydrogen-bond donors (Lipinski definition) is 0. The van der Waals surface area contributed by atoms with Crippen LogP contribution >= 0.6 is 22.9 Å². The second-order valence-electron chi connectivity index (χ2n) is 6.49. The summed E-state index contributed by atoms with van der Waals surface area (Å²) in [5.41, 5.74) is 1.58. The number of likely N-dealkylation sites (tertiary alicyclic amines) is 1. The maximum absolute atomic E-state index is 12.1. The Morgan fingerprint density at radius 1 is 1.48 bits per heavy atom. The van der Waals surface area contributed by atoms with Crippen LogP contribution in [0.25, 0.3) is 16.4 Å². The van der Waals surface area contributed by atoms with Crippen LogP contribution in [0.15, 0.2) is 17.8 Å². The van der Waals surface area contributed by atoms with Crippen LogP contribution in [0.4, 0.5) is 4.79 Å². The van der Waals surface area contributed by atoms with Crippen molar-refractivity contribution < 1.29 is 9.53 Å².